The molecule has 0 spiro atoms. The van der Waals surface area contributed by atoms with Gasteiger partial charge in [-0.25, -0.2) is 9.36 Å². The summed E-state index contributed by atoms with van der Waals surface area (Å²) in [6, 6.07) is 8.82. The van der Waals surface area contributed by atoms with Crippen LogP contribution in [0.3, 0.4) is 0 Å². The first-order chi connectivity index (χ1) is 15.1. The van der Waals surface area contributed by atoms with Gasteiger partial charge in [-0.1, -0.05) is 12.1 Å². The van der Waals surface area contributed by atoms with Gasteiger partial charge in [0.1, 0.15) is 17.1 Å². The number of fused-ring (bicyclic) bond motifs is 1. The molecule has 2 aromatic heterocycles. The molecule has 31 heavy (non-hydrogen) atoms. The molecule has 1 N–H and O–H groups in total. The molecule has 1 unspecified atom stereocenters. The second-order valence-corrected chi connectivity index (χ2v) is 9.19. The Kier molecular flexibility index (Phi) is 6.69. The number of nitrogens with zero attached hydrogens (tertiary/aromatic N) is 2. The Morgan fingerprint density at radius 2 is 2.06 bits per heavy atom. The highest BCUT2D eigenvalue weighted by molar-refractivity contribution is 8.00. The first kappa shape index (κ1) is 21.5. The maximum atomic E-state index is 12.9. The molecule has 4 heterocycles. The van der Waals surface area contributed by atoms with Crippen LogP contribution in [-0.4, -0.2) is 53.8 Å². The lowest BCUT2D eigenvalue weighted by Crippen LogP contribution is -2.71. The van der Waals surface area contributed by atoms with Crippen LogP contribution in [0.5, 0.6) is 0 Å². The zero-order valence-corrected chi connectivity index (χ0v) is 18.5. The topological polar surface area (TPSA) is 88.8 Å². The van der Waals surface area contributed by atoms with Gasteiger partial charge in [0.25, 0.3) is 5.91 Å². The average molecular weight is 461 g/mol. The van der Waals surface area contributed by atoms with Crippen molar-refractivity contribution in [3.05, 3.63) is 64.3 Å². The number of esters is 1. The molecular weight excluding hydrogens is 438 g/mol. The molecule has 0 radical (unpaired) electrons. The lowest BCUT2D eigenvalue weighted by Gasteiger charge is -2.49. The summed E-state index contributed by atoms with van der Waals surface area (Å²) in [4.78, 5) is 40.5. The van der Waals surface area contributed by atoms with Crippen molar-refractivity contribution >= 4 is 40.9 Å². The van der Waals surface area contributed by atoms with Crippen LogP contribution in [-0.2, 0) is 36.8 Å². The minimum atomic E-state index is -0.659. The van der Waals surface area contributed by atoms with Gasteiger partial charge >= 0.3 is 5.97 Å². The summed E-state index contributed by atoms with van der Waals surface area (Å²) >= 11 is 3.03. The van der Waals surface area contributed by atoms with E-state index in [0.29, 0.717) is 12.3 Å². The normalized spacial score (nSPS) is 20.2. The number of thiophene rings is 1. The van der Waals surface area contributed by atoms with E-state index >= 15 is 0 Å². The second-order valence-electron chi connectivity index (χ2n) is 7.05. The highest BCUT2D eigenvalue weighted by atomic mass is 32.2. The van der Waals surface area contributed by atoms with E-state index in [4.69, 9.17) is 9.47 Å². The molecule has 2 atom stereocenters. The van der Waals surface area contributed by atoms with Gasteiger partial charge in [0, 0.05) is 35.4 Å². The molecule has 4 rings (SSSR count). The van der Waals surface area contributed by atoms with E-state index in [2.05, 4.69) is 5.32 Å². The summed E-state index contributed by atoms with van der Waals surface area (Å²) in [6.07, 6.45) is 4.02. The SMILES string of the molecule is COCOC(=O)C1=C(C[n+]2ccccc2)CS[C@H]2C(NC(=O)Cc3cccs3)C(=O)N12. The van der Waals surface area contributed by atoms with E-state index in [-0.39, 0.29) is 36.1 Å². The molecule has 2 aliphatic heterocycles. The molecule has 2 aliphatic rings. The van der Waals surface area contributed by atoms with Crippen molar-refractivity contribution in [3.8, 4) is 0 Å². The summed E-state index contributed by atoms with van der Waals surface area (Å²) < 4.78 is 12.0. The summed E-state index contributed by atoms with van der Waals surface area (Å²) in [6.45, 7) is 0.256. The number of ether oxygens (including phenoxy) is 2. The zero-order chi connectivity index (χ0) is 21.8. The smallest absolute Gasteiger partial charge is 0.357 e. The summed E-state index contributed by atoms with van der Waals surface area (Å²) in [5, 5.41) is 4.39. The minimum absolute atomic E-state index is 0.199. The molecule has 10 heteroatoms. The van der Waals surface area contributed by atoms with Crippen LogP contribution in [0, 0.1) is 0 Å². The minimum Gasteiger partial charge on any atom is -0.434 e. The zero-order valence-electron chi connectivity index (χ0n) is 16.9. The molecule has 1 saturated heterocycles. The molecule has 0 saturated carbocycles. The number of carbonyl (C=O) groups excluding carboxylic acids is 3. The number of methoxy groups -OCH3 is 1. The van der Waals surface area contributed by atoms with E-state index in [0.717, 1.165) is 10.5 Å². The number of hydrogen-bond donors (Lipinski definition) is 1. The average Bonchev–Trinajstić information content (AvgIpc) is 3.29. The monoisotopic (exact) mass is 460 g/mol. The highest BCUT2D eigenvalue weighted by Gasteiger charge is 2.54. The van der Waals surface area contributed by atoms with Crippen LogP contribution in [0.1, 0.15) is 4.88 Å². The van der Waals surface area contributed by atoms with Crippen LogP contribution in [0.25, 0.3) is 0 Å². The molecule has 1 fully saturated rings. The highest BCUT2D eigenvalue weighted by Crippen LogP contribution is 2.40. The number of thioether (sulfide) groups is 1. The lowest BCUT2D eigenvalue weighted by molar-refractivity contribution is -0.689. The van der Waals surface area contributed by atoms with Gasteiger partial charge in [-0.3, -0.25) is 14.5 Å². The van der Waals surface area contributed by atoms with Gasteiger partial charge < -0.3 is 14.8 Å². The first-order valence-electron chi connectivity index (χ1n) is 9.67. The predicted molar refractivity (Wildman–Crippen MR) is 115 cm³/mol. The summed E-state index contributed by atoms with van der Waals surface area (Å²) in [7, 11) is 1.43. The summed E-state index contributed by atoms with van der Waals surface area (Å²) in [5.74, 6) is -0.573. The molecule has 162 valence electrons. The van der Waals surface area contributed by atoms with Gasteiger partial charge in [0.2, 0.25) is 5.91 Å². The molecule has 0 aromatic carbocycles. The maximum Gasteiger partial charge on any atom is 0.357 e. The van der Waals surface area contributed by atoms with Crippen LogP contribution in [0.15, 0.2) is 59.4 Å². The van der Waals surface area contributed by atoms with E-state index in [9.17, 15) is 14.4 Å². The quantitative estimate of drug-likeness (QED) is 0.275. The third-order valence-electron chi connectivity index (χ3n) is 4.93. The molecule has 8 nitrogen and oxygen atoms in total. The number of hydrogen-bond acceptors (Lipinski definition) is 7. The fourth-order valence-corrected chi connectivity index (χ4v) is 5.57. The van der Waals surface area contributed by atoms with Gasteiger partial charge in [-0.05, 0) is 11.4 Å². The van der Waals surface area contributed by atoms with Gasteiger partial charge in [-0.15, -0.1) is 23.1 Å². The second kappa shape index (κ2) is 9.63. The predicted octanol–water partition coefficient (Wildman–Crippen LogP) is 1.08. The van der Waals surface area contributed by atoms with Crippen LogP contribution >= 0.6 is 23.1 Å². The fraction of sp³-hybridized carbons (Fsp3) is 0.333. The molecule has 0 bridgehead atoms. The van der Waals surface area contributed by atoms with Crippen molar-refractivity contribution in [1.29, 1.82) is 0 Å². The number of rotatable bonds is 8. The number of aromatic nitrogens is 1. The van der Waals surface area contributed by atoms with Crippen LogP contribution < -0.4 is 9.88 Å². The number of pyridine rings is 1. The largest absolute Gasteiger partial charge is 0.434 e. The van der Waals surface area contributed by atoms with E-state index < -0.39 is 12.0 Å². The maximum absolute atomic E-state index is 12.9. The number of nitrogens with one attached hydrogen (secondary N) is 1. The van der Waals surface area contributed by atoms with E-state index in [1.807, 2.05) is 52.7 Å². The fourth-order valence-electron chi connectivity index (χ4n) is 3.53. The molecule has 2 amide bonds. The van der Waals surface area contributed by atoms with E-state index in [1.165, 1.54) is 35.1 Å². The van der Waals surface area contributed by atoms with Crippen molar-refractivity contribution in [2.75, 3.05) is 19.7 Å². The molecular formula is C21H22N3O5S2+. The lowest BCUT2D eigenvalue weighted by atomic mass is 10.0. The van der Waals surface area contributed by atoms with Crippen molar-refractivity contribution in [2.45, 2.75) is 24.4 Å². The van der Waals surface area contributed by atoms with Crippen molar-refractivity contribution < 1.29 is 28.4 Å². The molecule has 0 aliphatic carbocycles. The van der Waals surface area contributed by atoms with Gasteiger partial charge in [0.15, 0.2) is 25.7 Å². The van der Waals surface area contributed by atoms with Crippen molar-refractivity contribution in [1.82, 2.24) is 10.2 Å². The Balaban J connectivity index is 1.52. The number of amides is 2. The van der Waals surface area contributed by atoms with Crippen LogP contribution in [0.2, 0.25) is 0 Å². The van der Waals surface area contributed by atoms with Gasteiger partial charge in [-0.2, -0.15) is 0 Å². The van der Waals surface area contributed by atoms with Crippen LogP contribution in [0.4, 0.5) is 0 Å². The Labute approximate surface area is 187 Å². The first-order valence-corrected chi connectivity index (χ1v) is 11.6. The standard InChI is InChI=1S/C21H21N3O5S2/c1-28-13-29-21(27)18-14(11-23-7-3-2-4-8-23)12-31-20-17(19(26)24(18)20)22-16(25)10-15-6-5-9-30-15/h2-9,17,20H,10-13H2,1H3/p+1/t17?,20-/m0/s1. The summed E-state index contributed by atoms with van der Waals surface area (Å²) in [5.41, 5.74) is 1.03. The van der Waals surface area contributed by atoms with Crippen molar-refractivity contribution in [2.24, 2.45) is 0 Å². The Hall–Kier alpha value is -2.69. The number of β-lactam (4-membered cyclic amide) rings is 1. The Morgan fingerprint density at radius 3 is 2.77 bits per heavy atom. The number of carbonyl (C=O) groups is 3. The Bertz CT molecular complexity index is 994. The third kappa shape index (κ3) is 4.65. The van der Waals surface area contributed by atoms with Crippen molar-refractivity contribution in [3.63, 3.8) is 0 Å². The third-order valence-corrected chi connectivity index (χ3v) is 7.15. The molecule has 2 aromatic rings. The van der Waals surface area contributed by atoms with Gasteiger partial charge in [0.05, 0.1) is 6.42 Å². The Morgan fingerprint density at radius 1 is 1.26 bits per heavy atom. The van der Waals surface area contributed by atoms with E-state index in [1.54, 1.807) is 0 Å².